The minimum atomic E-state index is -0.431. The van der Waals surface area contributed by atoms with Crippen molar-refractivity contribution in [3.63, 3.8) is 0 Å². The number of ether oxygens (including phenoxy) is 1. The van der Waals surface area contributed by atoms with Crippen LogP contribution in [-0.2, 0) is 4.74 Å². The van der Waals surface area contributed by atoms with E-state index >= 15 is 0 Å². The van der Waals surface area contributed by atoms with Gasteiger partial charge in [-0.15, -0.1) is 0 Å². The molecule has 0 saturated carbocycles. The van der Waals surface area contributed by atoms with Crippen molar-refractivity contribution in [1.82, 2.24) is 0 Å². The van der Waals surface area contributed by atoms with Crippen molar-refractivity contribution in [2.75, 3.05) is 30.6 Å². The van der Waals surface area contributed by atoms with Crippen LogP contribution < -0.4 is 16.2 Å². The Labute approximate surface area is 112 Å². The molecule has 0 bridgehead atoms. The molecule has 1 aromatic rings. The molecular weight excluding hydrogens is 248 g/mol. The summed E-state index contributed by atoms with van der Waals surface area (Å²) in [4.78, 5) is 12.5. The molecule has 0 fully saturated rings. The molecule has 106 valence electrons. The number of methoxy groups -OCH3 is 1. The Hall–Kier alpha value is -1.86. The largest absolute Gasteiger partial charge is 0.383 e. The van der Waals surface area contributed by atoms with Gasteiger partial charge in [0.1, 0.15) is 0 Å². The average Bonchev–Trinajstić information content (AvgIpc) is 2.38. The number of nitro groups is 1. The second kappa shape index (κ2) is 6.91. The molecular formula is C12H20N4O3. The molecule has 0 radical (unpaired) electrons. The molecule has 0 amide bonds. The van der Waals surface area contributed by atoms with E-state index in [-0.39, 0.29) is 11.7 Å². The maximum absolute atomic E-state index is 10.9. The standard InChI is InChI=1S/C12H20N4O3/c1-9(2)15(4-5-19-3)11-6-10(14-13)7-12(8-11)16(17)18/h6-9,14H,4-5,13H2,1-3H3. The molecule has 19 heavy (non-hydrogen) atoms. The van der Waals surface area contributed by atoms with Crippen LogP contribution in [0.5, 0.6) is 0 Å². The number of nitrogens with zero attached hydrogens (tertiary/aromatic N) is 2. The summed E-state index contributed by atoms with van der Waals surface area (Å²) in [6.07, 6.45) is 0. The Morgan fingerprint density at radius 3 is 2.63 bits per heavy atom. The lowest BCUT2D eigenvalue weighted by atomic mass is 10.2. The van der Waals surface area contributed by atoms with Gasteiger partial charge < -0.3 is 15.1 Å². The van der Waals surface area contributed by atoms with E-state index in [0.717, 1.165) is 5.69 Å². The smallest absolute Gasteiger partial charge is 0.273 e. The first-order valence-corrected chi connectivity index (χ1v) is 6.01. The number of anilines is 2. The Balaban J connectivity index is 3.13. The first-order chi connectivity index (χ1) is 8.99. The van der Waals surface area contributed by atoms with E-state index in [4.69, 9.17) is 10.6 Å². The fourth-order valence-corrected chi connectivity index (χ4v) is 1.82. The number of rotatable bonds is 7. The lowest BCUT2D eigenvalue weighted by molar-refractivity contribution is -0.384. The molecule has 0 aromatic heterocycles. The van der Waals surface area contributed by atoms with E-state index < -0.39 is 4.92 Å². The average molecular weight is 268 g/mol. The van der Waals surface area contributed by atoms with Crippen LogP contribution in [0.1, 0.15) is 13.8 Å². The van der Waals surface area contributed by atoms with E-state index in [1.807, 2.05) is 18.7 Å². The van der Waals surface area contributed by atoms with Crippen LogP contribution in [0.3, 0.4) is 0 Å². The van der Waals surface area contributed by atoms with Crippen LogP contribution in [0.2, 0.25) is 0 Å². The minimum Gasteiger partial charge on any atom is -0.383 e. The zero-order chi connectivity index (χ0) is 14.4. The van der Waals surface area contributed by atoms with E-state index in [9.17, 15) is 10.1 Å². The number of benzene rings is 1. The van der Waals surface area contributed by atoms with Gasteiger partial charge in [0, 0.05) is 37.5 Å². The normalized spacial score (nSPS) is 10.6. The fourth-order valence-electron chi connectivity index (χ4n) is 1.82. The molecule has 0 aliphatic heterocycles. The molecule has 0 atom stereocenters. The summed E-state index contributed by atoms with van der Waals surface area (Å²) in [5, 5.41) is 10.9. The van der Waals surface area contributed by atoms with Crippen molar-refractivity contribution in [1.29, 1.82) is 0 Å². The van der Waals surface area contributed by atoms with E-state index in [2.05, 4.69) is 5.43 Å². The number of hydrogen-bond acceptors (Lipinski definition) is 6. The molecule has 0 aliphatic carbocycles. The number of nitrogens with one attached hydrogen (secondary N) is 1. The third-order valence-corrected chi connectivity index (χ3v) is 2.77. The Morgan fingerprint density at radius 2 is 2.16 bits per heavy atom. The van der Waals surface area contributed by atoms with Crippen LogP contribution in [0.25, 0.3) is 0 Å². The zero-order valence-electron chi connectivity index (χ0n) is 11.4. The molecule has 0 spiro atoms. The minimum absolute atomic E-state index is 0.00789. The van der Waals surface area contributed by atoms with Gasteiger partial charge in [-0.2, -0.15) is 0 Å². The van der Waals surface area contributed by atoms with Crippen LogP contribution in [0.4, 0.5) is 17.1 Å². The maximum atomic E-state index is 10.9. The van der Waals surface area contributed by atoms with E-state index in [0.29, 0.717) is 18.8 Å². The van der Waals surface area contributed by atoms with Crippen molar-refractivity contribution < 1.29 is 9.66 Å². The van der Waals surface area contributed by atoms with Gasteiger partial charge in [0.25, 0.3) is 5.69 Å². The highest BCUT2D eigenvalue weighted by molar-refractivity contribution is 5.64. The first-order valence-electron chi connectivity index (χ1n) is 6.01. The zero-order valence-corrected chi connectivity index (χ0v) is 11.4. The van der Waals surface area contributed by atoms with Crippen LogP contribution in [-0.4, -0.2) is 31.2 Å². The predicted octanol–water partition coefficient (Wildman–Crippen LogP) is 1.74. The number of nitrogens with two attached hydrogens (primary N) is 1. The van der Waals surface area contributed by atoms with Crippen molar-refractivity contribution >= 4 is 17.1 Å². The molecule has 1 rings (SSSR count). The SMILES string of the molecule is COCCN(c1cc(NN)cc([N+](=O)[O-])c1)C(C)C. The number of non-ortho nitro benzene ring substituents is 1. The summed E-state index contributed by atoms with van der Waals surface area (Å²) in [5.74, 6) is 5.35. The number of nitrogen functional groups attached to an aromatic ring is 1. The number of hydrogen-bond donors (Lipinski definition) is 2. The Morgan fingerprint density at radius 1 is 1.47 bits per heavy atom. The molecule has 7 heteroatoms. The monoisotopic (exact) mass is 268 g/mol. The lowest BCUT2D eigenvalue weighted by Crippen LogP contribution is -2.33. The van der Waals surface area contributed by atoms with Crippen molar-refractivity contribution in [3.05, 3.63) is 28.3 Å². The van der Waals surface area contributed by atoms with Crippen LogP contribution in [0.15, 0.2) is 18.2 Å². The van der Waals surface area contributed by atoms with Crippen LogP contribution in [0, 0.1) is 10.1 Å². The molecule has 3 N–H and O–H groups in total. The predicted molar refractivity (Wildman–Crippen MR) is 75.3 cm³/mol. The third kappa shape index (κ3) is 4.08. The number of hydrazine groups is 1. The molecule has 1 aromatic carbocycles. The quantitative estimate of drug-likeness (QED) is 0.444. The summed E-state index contributed by atoms with van der Waals surface area (Å²) < 4.78 is 5.06. The van der Waals surface area contributed by atoms with Crippen LogP contribution >= 0.6 is 0 Å². The molecule has 0 saturated heterocycles. The topological polar surface area (TPSA) is 93.7 Å². The Bertz CT molecular complexity index is 437. The van der Waals surface area contributed by atoms with Gasteiger partial charge in [0.15, 0.2) is 0 Å². The van der Waals surface area contributed by atoms with Crippen molar-refractivity contribution in [2.45, 2.75) is 19.9 Å². The molecule has 0 aliphatic rings. The summed E-state index contributed by atoms with van der Waals surface area (Å²) in [5.41, 5.74) is 3.71. The lowest BCUT2D eigenvalue weighted by Gasteiger charge is -2.29. The molecule has 7 nitrogen and oxygen atoms in total. The second-order valence-electron chi connectivity index (χ2n) is 4.42. The summed E-state index contributed by atoms with van der Waals surface area (Å²) in [7, 11) is 1.62. The van der Waals surface area contributed by atoms with Gasteiger partial charge in [-0.05, 0) is 19.9 Å². The van der Waals surface area contributed by atoms with E-state index in [1.165, 1.54) is 12.1 Å². The highest BCUT2D eigenvalue weighted by Gasteiger charge is 2.16. The van der Waals surface area contributed by atoms with Crippen molar-refractivity contribution in [3.8, 4) is 0 Å². The summed E-state index contributed by atoms with van der Waals surface area (Å²) in [6, 6.07) is 4.92. The fraction of sp³-hybridized carbons (Fsp3) is 0.500. The van der Waals surface area contributed by atoms with Gasteiger partial charge >= 0.3 is 0 Å². The van der Waals surface area contributed by atoms with Gasteiger partial charge in [-0.25, -0.2) is 0 Å². The highest BCUT2D eigenvalue weighted by Crippen LogP contribution is 2.27. The molecule has 0 unspecified atom stereocenters. The first kappa shape index (κ1) is 15.2. The van der Waals surface area contributed by atoms with E-state index in [1.54, 1.807) is 13.2 Å². The van der Waals surface area contributed by atoms with Gasteiger partial charge in [-0.3, -0.25) is 16.0 Å². The Kier molecular flexibility index (Phi) is 5.53. The summed E-state index contributed by atoms with van der Waals surface area (Å²) in [6.45, 7) is 5.24. The maximum Gasteiger partial charge on any atom is 0.273 e. The van der Waals surface area contributed by atoms with Gasteiger partial charge in [-0.1, -0.05) is 0 Å². The summed E-state index contributed by atoms with van der Waals surface area (Å²) >= 11 is 0. The van der Waals surface area contributed by atoms with Gasteiger partial charge in [0.05, 0.1) is 17.2 Å². The second-order valence-corrected chi connectivity index (χ2v) is 4.42. The molecule has 0 heterocycles. The van der Waals surface area contributed by atoms with Crippen molar-refractivity contribution in [2.24, 2.45) is 5.84 Å². The highest BCUT2D eigenvalue weighted by atomic mass is 16.6. The number of nitro benzene ring substituents is 1. The van der Waals surface area contributed by atoms with Gasteiger partial charge in [0.2, 0.25) is 0 Å². The third-order valence-electron chi connectivity index (χ3n) is 2.77.